The second-order valence-corrected chi connectivity index (χ2v) is 5.33. The fourth-order valence-electron chi connectivity index (χ4n) is 1.70. The predicted molar refractivity (Wildman–Crippen MR) is 77.4 cm³/mol. The third-order valence-electron chi connectivity index (χ3n) is 2.62. The van der Waals surface area contributed by atoms with Crippen molar-refractivity contribution in [3.63, 3.8) is 0 Å². The fourth-order valence-corrected chi connectivity index (χ4v) is 2.66. The highest BCUT2D eigenvalue weighted by atomic mass is 35.5. The lowest BCUT2D eigenvalue weighted by atomic mass is 10.2. The summed E-state index contributed by atoms with van der Waals surface area (Å²) in [6, 6.07) is 4.10. The number of thiophene rings is 1. The molecule has 0 radical (unpaired) electrons. The molecule has 2 heterocycles. The molecule has 1 unspecified atom stereocenters. The average molecular weight is 282 g/mol. The quantitative estimate of drug-likeness (QED) is 0.830. The summed E-state index contributed by atoms with van der Waals surface area (Å²) in [6.07, 6.45) is 1.86. The maximum absolute atomic E-state index is 6.01. The number of halogens is 1. The van der Waals surface area contributed by atoms with Gasteiger partial charge in [-0.3, -0.25) is 0 Å². The molecule has 0 aliphatic carbocycles. The van der Waals surface area contributed by atoms with Gasteiger partial charge in [0.25, 0.3) is 0 Å². The highest BCUT2D eigenvalue weighted by Gasteiger charge is 2.08. The number of aryl methyl sites for hydroxylation is 1. The van der Waals surface area contributed by atoms with E-state index in [-0.39, 0.29) is 6.04 Å². The maximum Gasteiger partial charge on any atom is 0.134 e. The van der Waals surface area contributed by atoms with E-state index < -0.39 is 0 Å². The van der Waals surface area contributed by atoms with Gasteiger partial charge in [-0.25, -0.2) is 9.97 Å². The monoisotopic (exact) mass is 281 g/mol. The summed E-state index contributed by atoms with van der Waals surface area (Å²) in [4.78, 5) is 8.68. The zero-order chi connectivity index (χ0) is 13.0. The van der Waals surface area contributed by atoms with Crippen molar-refractivity contribution in [3.8, 4) is 0 Å². The zero-order valence-corrected chi connectivity index (χ0v) is 12.1. The minimum absolute atomic E-state index is 0.219. The van der Waals surface area contributed by atoms with Gasteiger partial charge in [0.2, 0.25) is 0 Å². The lowest BCUT2D eigenvalue weighted by Gasteiger charge is -2.14. The van der Waals surface area contributed by atoms with Crippen LogP contribution in [0.4, 0.5) is 5.82 Å². The maximum atomic E-state index is 6.01. The van der Waals surface area contributed by atoms with Crippen LogP contribution in [0.5, 0.6) is 0 Å². The van der Waals surface area contributed by atoms with Crippen LogP contribution in [-0.2, 0) is 6.42 Å². The van der Waals surface area contributed by atoms with E-state index in [0.717, 1.165) is 24.5 Å². The van der Waals surface area contributed by atoms with Gasteiger partial charge >= 0.3 is 0 Å². The summed E-state index contributed by atoms with van der Waals surface area (Å²) < 4.78 is 0. The molecule has 0 bridgehead atoms. The lowest BCUT2D eigenvalue weighted by molar-refractivity contribution is 0.820. The average Bonchev–Trinajstić information content (AvgIpc) is 2.81. The third kappa shape index (κ3) is 3.43. The summed E-state index contributed by atoms with van der Waals surface area (Å²) >= 11 is 7.70. The smallest absolute Gasteiger partial charge is 0.134 e. The van der Waals surface area contributed by atoms with Crippen molar-refractivity contribution in [1.29, 1.82) is 0 Å². The van der Waals surface area contributed by atoms with E-state index in [9.17, 15) is 0 Å². The van der Waals surface area contributed by atoms with Gasteiger partial charge in [0.05, 0.1) is 6.04 Å². The van der Waals surface area contributed by atoms with Crippen LogP contribution in [0.25, 0.3) is 0 Å². The molecule has 1 atom stereocenters. The fraction of sp³-hybridized carbons (Fsp3) is 0.385. The van der Waals surface area contributed by atoms with Gasteiger partial charge in [-0.1, -0.05) is 18.5 Å². The highest BCUT2D eigenvalue weighted by molar-refractivity contribution is 7.07. The van der Waals surface area contributed by atoms with Crippen LogP contribution in [0.1, 0.15) is 37.7 Å². The number of hydrogen-bond acceptors (Lipinski definition) is 4. The molecule has 2 rings (SSSR count). The van der Waals surface area contributed by atoms with Crippen LogP contribution in [0, 0.1) is 0 Å². The second kappa shape index (κ2) is 6.16. The SMILES string of the molecule is CCCc1nc(Cl)cc(NC(C)c2ccsc2)n1. The van der Waals surface area contributed by atoms with Crippen molar-refractivity contribution in [2.75, 3.05) is 5.32 Å². The number of hydrogen-bond donors (Lipinski definition) is 1. The van der Waals surface area contributed by atoms with E-state index >= 15 is 0 Å². The molecule has 96 valence electrons. The molecule has 2 aromatic rings. The van der Waals surface area contributed by atoms with Crippen molar-refractivity contribution >= 4 is 28.8 Å². The van der Waals surface area contributed by atoms with E-state index in [0.29, 0.717) is 5.15 Å². The molecule has 1 N–H and O–H groups in total. The third-order valence-corrected chi connectivity index (χ3v) is 3.52. The molecule has 2 aromatic heterocycles. The van der Waals surface area contributed by atoms with Crippen molar-refractivity contribution in [3.05, 3.63) is 39.4 Å². The molecular formula is C13H16ClN3S. The Morgan fingerprint density at radius 1 is 1.44 bits per heavy atom. The minimum atomic E-state index is 0.219. The van der Waals surface area contributed by atoms with Gasteiger partial charge in [-0.2, -0.15) is 11.3 Å². The first-order chi connectivity index (χ1) is 8.69. The van der Waals surface area contributed by atoms with Gasteiger partial charge in [0.15, 0.2) is 0 Å². The van der Waals surface area contributed by atoms with Gasteiger partial charge in [-0.05, 0) is 35.7 Å². The van der Waals surface area contributed by atoms with Crippen molar-refractivity contribution in [1.82, 2.24) is 9.97 Å². The molecule has 0 fully saturated rings. The molecule has 0 aliphatic heterocycles. The van der Waals surface area contributed by atoms with Gasteiger partial charge in [0.1, 0.15) is 16.8 Å². The number of anilines is 1. The van der Waals surface area contributed by atoms with Crippen molar-refractivity contribution in [2.45, 2.75) is 32.7 Å². The highest BCUT2D eigenvalue weighted by Crippen LogP contribution is 2.21. The van der Waals surface area contributed by atoms with E-state index in [1.165, 1.54) is 5.56 Å². The van der Waals surface area contributed by atoms with E-state index in [1.807, 2.05) is 0 Å². The lowest BCUT2D eigenvalue weighted by Crippen LogP contribution is -2.08. The Morgan fingerprint density at radius 3 is 2.94 bits per heavy atom. The Morgan fingerprint density at radius 2 is 2.28 bits per heavy atom. The van der Waals surface area contributed by atoms with Gasteiger partial charge < -0.3 is 5.32 Å². The van der Waals surface area contributed by atoms with Crippen molar-refractivity contribution in [2.24, 2.45) is 0 Å². The molecule has 18 heavy (non-hydrogen) atoms. The molecule has 0 aromatic carbocycles. The number of nitrogens with one attached hydrogen (secondary N) is 1. The molecular weight excluding hydrogens is 266 g/mol. The van der Waals surface area contributed by atoms with E-state index in [2.05, 4.69) is 46.0 Å². The van der Waals surface area contributed by atoms with Crippen molar-refractivity contribution < 1.29 is 0 Å². The first kappa shape index (κ1) is 13.3. The Hall–Kier alpha value is -1.13. The van der Waals surface area contributed by atoms with Gasteiger partial charge in [0, 0.05) is 12.5 Å². The summed E-state index contributed by atoms with van der Waals surface area (Å²) in [6.45, 7) is 4.21. The standard InChI is InChI=1S/C13H16ClN3S/c1-3-4-12-16-11(14)7-13(17-12)15-9(2)10-5-6-18-8-10/h5-9H,3-4H2,1-2H3,(H,15,16,17). The molecule has 0 amide bonds. The van der Waals surface area contributed by atoms with Crippen LogP contribution in [0.2, 0.25) is 5.15 Å². The second-order valence-electron chi connectivity index (χ2n) is 4.16. The van der Waals surface area contributed by atoms with Crippen LogP contribution < -0.4 is 5.32 Å². The summed E-state index contributed by atoms with van der Waals surface area (Å²) in [7, 11) is 0. The molecule has 5 heteroatoms. The van der Waals surface area contributed by atoms with E-state index in [4.69, 9.17) is 11.6 Å². The zero-order valence-electron chi connectivity index (χ0n) is 10.5. The molecule has 0 aliphatic rings. The first-order valence-electron chi connectivity index (χ1n) is 6.01. The largest absolute Gasteiger partial charge is 0.363 e. The molecule has 0 saturated heterocycles. The predicted octanol–water partition coefficient (Wildman–Crippen LogP) is 4.32. The number of rotatable bonds is 5. The minimum Gasteiger partial charge on any atom is -0.363 e. The van der Waals surface area contributed by atoms with Crippen LogP contribution in [-0.4, -0.2) is 9.97 Å². The Labute approximate surface area is 116 Å². The van der Waals surface area contributed by atoms with Crippen LogP contribution in [0.15, 0.2) is 22.9 Å². The molecule has 0 spiro atoms. The number of aromatic nitrogens is 2. The Kier molecular flexibility index (Phi) is 4.55. The van der Waals surface area contributed by atoms with Crippen LogP contribution in [0.3, 0.4) is 0 Å². The molecule has 3 nitrogen and oxygen atoms in total. The first-order valence-corrected chi connectivity index (χ1v) is 7.33. The summed E-state index contributed by atoms with van der Waals surface area (Å²) in [5, 5.41) is 8.05. The van der Waals surface area contributed by atoms with E-state index in [1.54, 1.807) is 17.4 Å². The number of nitrogens with zero attached hydrogens (tertiary/aromatic N) is 2. The Bertz CT molecular complexity index is 499. The Balaban J connectivity index is 2.13. The summed E-state index contributed by atoms with van der Waals surface area (Å²) in [5.41, 5.74) is 1.26. The summed E-state index contributed by atoms with van der Waals surface area (Å²) in [5.74, 6) is 1.59. The van der Waals surface area contributed by atoms with Gasteiger partial charge in [-0.15, -0.1) is 0 Å². The topological polar surface area (TPSA) is 37.8 Å². The van der Waals surface area contributed by atoms with Crippen LogP contribution >= 0.6 is 22.9 Å². The normalized spacial score (nSPS) is 12.4. The molecule has 0 saturated carbocycles.